The Balaban J connectivity index is 1.70. The van der Waals surface area contributed by atoms with Crippen LogP contribution in [0.2, 0.25) is 5.02 Å². The van der Waals surface area contributed by atoms with Gasteiger partial charge in [0.25, 0.3) is 0 Å². The fraction of sp³-hybridized carbons (Fsp3) is 0.207. The second-order valence-corrected chi connectivity index (χ2v) is 12.0. The number of likely N-dealkylation sites (N-methyl/N-ethyl adjacent to an activating group) is 1. The molecule has 4 rings (SSSR count). The Morgan fingerprint density at radius 3 is 2.50 bits per heavy atom. The number of carbonyl (C=O) groups excluding carboxylic acids is 2. The first-order valence-electron chi connectivity index (χ1n) is 12.5. The zero-order valence-corrected chi connectivity index (χ0v) is 23.9. The van der Waals surface area contributed by atoms with E-state index in [0.717, 1.165) is 10.8 Å². The topological polar surface area (TPSA) is 134 Å². The van der Waals surface area contributed by atoms with Crippen LogP contribution in [0.1, 0.15) is 31.0 Å². The standard InChI is InChI=1S/C29H30ClN5O4S/c1-4-40(38,39)26-11-9-23(33-18(2)36)16-21(26)17-35(3)29(37)27(20-6-5-7-22(30)14-20)34-24-8-10-25-19(15-24)12-13-32-28(25)31/h5-16,27,34H,4,17H2,1-3H3,(H2,31,32)(H,33,36). The molecular formula is C29H30ClN5O4S. The summed E-state index contributed by atoms with van der Waals surface area (Å²) in [5.41, 5.74) is 8.13. The van der Waals surface area contributed by atoms with Gasteiger partial charge in [-0.25, -0.2) is 13.4 Å². The molecule has 1 atom stereocenters. The molecule has 1 aromatic heterocycles. The number of anilines is 3. The van der Waals surface area contributed by atoms with Crippen molar-refractivity contribution in [3.8, 4) is 0 Å². The Morgan fingerprint density at radius 2 is 1.80 bits per heavy atom. The summed E-state index contributed by atoms with van der Waals surface area (Å²) in [6.07, 6.45) is 1.62. The van der Waals surface area contributed by atoms with Crippen LogP contribution in [-0.4, -0.2) is 42.9 Å². The third kappa shape index (κ3) is 6.52. The maximum Gasteiger partial charge on any atom is 0.249 e. The number of carbonyl (C=O) groups is 2. The third-order valence-corrected chi connectivity index (χ3v) is 8.48. The van der Waals surface area contributed by atoms with E-state index in [1.54, 1.807) is 50.5 Å². The molecule has 1 unspecified atom stereocenters. The molecular weight excluding hydrogens is 550 g/mol. The second kappa shape index (κ2) is 11.9. The smallest absolute Gasteiger partial charge is 0.249 e. The lowest BCUT2D eigenvalue weighted by molar-refractivity contribution is -0.131. The Bertz CT molecular complexity index is 1690. The van der Waals surface area contributed by atoms with Gasteiger partial charge in [-0.1, -0.05) is 30.7 Å². The van der Waals surface area contributed by atoms with Crippen LogP contribution in [0, 0.1) is 0 Å². The zero-order chi connectivity index (χ0) is 29.0. The third-order valence-electron chi connectivity index (χ3n) is 6.41. The van der Waals surface area contributed by atoms with Crippen molar-refractivity contribution in [2.24, 2.45) is 0 Å². The molecule has 1 heterocycles. The van der Waals surface area contributed by atoms with Crippen LogP contribution < -0.4 is 16.4 Å². The van der Waals surface area contributed by atoms with Gasteiger partial charge in [0.2, 0.25) is 11.8 Å². The lowest BCUT2D eigenvalue weighted by Crippen LogP contribution is -2.35. The molecule has 9 nitrogen and oxygen atoms in total. The zero-order valence-electron chi connectivity index (χ0n) is 22.3. The molecule has 40 heavy (non-hydrogen) atoms. The molecule has 0 saturated heterocycles. The fourth-order valence-electron chi connectivity index (χ4n) is 4.43. The van der Waals surface area contributed by atoms with Crippen LogP contribution in [0.3, 0.4) is 0 Å². The van der Waals surface area contributed by atoms with Gasteiger partial charge in [-0.2, -0.15) is 0 Å². The summed E-state index contributed by atoms with van der Waals surface area (Å²) in [4.78, 5) is 31.2. The number of nitrogens with zero attached hydrogens (tertiary/aromatic N) is 2. The number of aromatic nitrogens is 1. The molecule has 4 aromatic rings. The van der Waals surface area contributed by atoms with Gasteiger partial charge >= 0.3 is 0 Å². The van der Waals surface area contributed by atoms with E-state index in [1.165, 1.54) is 24.0 Å². The molecule has 0 spiro atoms. The predicted octanol–water partition coefficient (Wildman–Crippen LogP) is 5.03. The van der Waals surface area contributed by atoms with Crippen molar-refractivity contribution >= 4 is 61.2 Å². The van der Waals surface area contributed by atoms with Crippen LogP contribution in [-0.2, 0) is 26.0 Å². The molecule has 11 heteroatoms. The number of hydrogen-bond donors (Lipinski definition) is 3. The summed E-state index contributed by atoms with van der Waals surface area (Å²) in [6.45, 7) is 2.91. The Hall–Kier alpha value is -4.15. The molecule has 0 radical (unpaired) electrons. The highest BCUT2D eigenvalue weighted by atomic mass is 35.5. The van der Waals surface area contributed by atoms with Crippen LogP contribution in [0.4, 0.5) is 17.2 Å². The first-order valence-corrected chi connectivity index (χ1v) is 14.6. The molecule has 0 aliphatic carbocycles. The van der Waals surface area contributed by atoms with Crippen LogP contribution in [0.25, 0.3) is 10.8 Å². The van der Waals surface area contributed by atoms with E-state index >= 15 is 0 Å². The number of amides is 2. The van der Waals surface area contributed by atoms with E-state index in [1.807, 2.05) is 24.3 Å². The van der Waals surface area contributed by atoms with E-state index in [2.05, 4.69) is 15.6 Å². The normalized spacial score (nSPS) is 12.1. The van der Waals surface area contributed by atoms with Crippen molar-refractivity contribution in [2.45, 2.75) is 31.3 Å². The van der Waals surface area contributed by atoms with E-state index in [9.17, 15) is 18.0 Å². The van der Waals surface area contributed by atoms with Gasteiger partial charge in [0, 0.05) is 48.5 Å². The van der Waals surface area contributed by atoms with Crippen molar-refractivity contribution in [1.82, 2.24) is 9.88 Å². The molecule has 0 bridgehead atoms. The summed E-state index contributed by atoms with van der Waals surface area (Å²) in [6, 6.07) is 18.1. The van der Waals surface area contributed by atoms with Gasteiger partial charge in [0.05, 0.1) is 10.6 Å². The molecule has 0 fully saturated rings. The van der Waals surface area contributed by atoms with Crippen molar-refractivity contribution < 1.29 is 18.0 Å². The van der Waals surface area contributed by atoms with Crippen molar-refractivity contribution in [1.29, 1.82) is 0 Å². The molecule has 2 amide bonds. The van der Waals surface area contributed by atoms with Gasteiger partial charge in [0.1, 0.15) is 11.9 Å². The summed E-state index contributed by atoms with van der Waals surface area (Å²) >= 11 is 6.27. The van der Waals surface area contributed by atoms with Gasteiger partial charge in [-0.3, -0.25) is 9.59 Å². The minimum Gasteiger partial charge on any atom is -0.383 e. The number of rotatable bonds is 9. The van der Waals surface area contributed by atoms with Crippen molar-refractivity contribution in [3.63, 3.8) is 0 Å². The number of hydrogen-bond acceptors (Lipinski definition) is 7. The van der Waals surface area contributed by atoms with Gasteiger partial charge in [-0.05, 0) is 71.1 Å². The molecule has 3 aromatic carbocycles. The SMILES string of the molecule is CCS(=O)(=O)c1ccc(NC(C)=O)cc1CN(C)C(=O)C(Nc1ccc2c(N)nccc2c1)c1cccc(Cl)c1. The summed E-state index contributed by atoms with van der Waals surface area (Å²) in [5, 5.41) is 8.09. The minimum absolute atomic E-state index is 0.0144. The number of halogens is 1. The number of pyridine rings is 1. The lowest BCUT2D eigenvalue weighted by atomic mass is 10.0. The molecule has 0 aliphatic rings. The number of benzene rings is 3. The summed E-state index contributed by atoms with van der Waals surface area (Å²) in [5.74, 6) is -0.308. The summed E-state index contributed by atoms with van der Waals surface area (Å²) < 4.78 is 25.7. The number of nitrogens with two attached hydrogens (primary N) is 1. The molecule has 4 N–H and O–H groups in total. The van der Waals surface area contributed by atoms with E-state index < -0.39 is 15.9 Å². The number of fused-ring (bicyclic) bond motifs is 1. The number of sulfone groups is 1. The predicted molar refractivity (Wildman–Crippen MR) is 159 cm³/mol. The Labute approximate surface area is 238 Å². The lowest BCUT2D eigenvalue weighted by Gasteiger charge is -2.27. The highest BCUT2D eigenvalue weighted by Crippen LogP contribution is 2.29. The van der Waals surface area contributed by atoms with Crippen molar-refractivity contribution in [3.05, 3.63) is 89.1 Å². The van der Waals surface area contributed by atoms with Gasteiger partial charge < -0.3 is 21.3 Å². The Kier molecular flexibility index (Phi) is 8.61. The van der Waals surface area contributed by atoms with E-state index in [4.69, 9.17) is 17.3 Å². The number of nitrogens with one attached hydrogen (secondary N) is 2. The monoisotopic (exact) mass is 579 g/mol. The van der Waals surface area contributed by atoms with Gasteiger partial charge in [-0.15, -0.1) is 0 Å². The van der Waals surface area contributed by atoms with Gasteiger partial charge in [0.15, 0.2) is 9.84 Å². The van der Waals surface area contributed by atoms with E-state index in [0.29, 0.717) is 33.3 Å². The van der Waals surface area contributed by atoms with Crippen molar-refractivity contribution in [2.75, 3.05) is 29.2 Å². The Morgan fingerprint density at radius 1 is 1.05 bits per heavy atom. The first-order chi connectivity index (χ1) is 19.0. The quantitative estimate of drug-likeness (QED) is 0.253. The van der Waals surface area contributed by atoms with Crippen LogP contribution in [0.15, 0.2) is 77.8 Å². The maximum atomic E-state index is 13.9. The summed E-state index contributed by atoms with van der Waals surface area (Å²) in [7, 11) is -2.00. The average Bonchev–Trinajstić information content (AvgIpc) is 2.91. The molecule has 208 valence electrons. The highest BCUT2D eigenvalue weighted by molar-refractivity contribution is 7.91. The first kappa shape index (κ1) is 28.8. The second-order valence-electron chi connectivity index (χ2n) is 9.37. The molecule has 0 saturated carbocycles. The average molecular weight is 580 g/mol. The van der Waals surface area contributed by atoms with Crippen LogP contribution >= 0.6 is 11.6 Å². The molecule has 0 aliphatic heterocycles. The van der Waals surface area contributed by atoms with E-state index in [-0.39, 0.29) is 29.0 Å². The highest BCUT2D eigenvalue weighted by Gasteiger charge is 2.27. The fourth-order valence-corrected chi connectivity index (χ4v) is 5.74. The minimum atomic E-state index is -3.60. The maximum absolute atomic E-state index is 13.9. The van der Waals surface area contributed by atoms with Crippen LogP contribution in [0.5, 0.6) is 0 Å². The number of nitrogen functional groups attached to an aromatic ring is 1. The largest absolute Gasteiger partial charge is 0.383 e.